The highest BCUT2D eigenvalue weighted by Crippen LogP contribution is 2.31. The Balaban J connectivity index is 2.59. The quantitative estimate of drug-likeness (QED) is 0.522. The summed E-state index contributed by atoms with van der Waals surface area (Å²) >= 11 is 0. The summed E-state index contributed by atoms with van der Waals surface area (Å²) in [6.45, 7) is 1.35. The monoisotopic (exact) mass is 186 g/mol. The Morgan fingerprint density at radius 3 is 2.31 bits per heavy atom. The zero-order valence-corrected chi connectivity index (χ0v) is 7.54. The van der Waals surface area contributed by atoms with Gasteiger partial charge in [0.15, 0.2) is 0 Å². The van der Waals surface area contributed by atoms with Gasteiger partial charge in [0.1, 0.15) is 11.6 Å². The Bertz CT molecular complexity index is 234. The standard InChI is InChI=1S/C8H14N2O3/c1-5(11)6(12)10-8(7(9)13)3-2-4-8/h5,11H,2-4H2,1H3,(H2,9,13)(H,10,12)/t5-/m0/s1. The summed E-state index contributed by atoms with van der Waals surface area (Å²) in [5.41, 5.74) is 4.25. The molecule has 0 bridgehead atoms. The van der Waals surface area contributed by atoms with Crippen LogP contribution in [-0.2, 0) is 9.59 Å². The second-order valence-electron chi connectivity index (χ2n) is 3.47. The Morgan fingerprint density at radius 2 is 2.08 bits per heavy atom. The SMILES string of the molecule is C[C@H](O)C(=O)NC1(C(N)=O)CCC1. The number of primary amides is 1. The van der Waals surface area contributed by atoms with Crippen molar-refractivity contribution >= 4 is 11.8 Å². The smallest absolute Gasteiger partial charge is 0.249 e. The van der Waals surface area contributed by atoms with Crippen LogP contribution in [-0.4, -0.2) is 28.6 Å². The third-order valence-corrected chi connectivity index (χ3v) is 2.42. The van der Waals surface area contributed by atoms with Crippen molar-refractivity contribution < 1.29 is 14.7 Å². The van der Waals surface area contributed by atoms with Crippen LogP contribution >= 0.6 is 0 Å². The molecule has 0 radical (unpaired) electrons. The zero-order chi connectivity index (χ0) is 10.1. The first kappa shape index (κ1) is 9.98. The molecule has 74 valence electrons. The van der Waals surface area contributed by atoms with Crippen molar-refractivity contribution in [3.63, 3.8) is 0 Å². The van der Waals surface area contributed by atoms with Crippen LogP contribution in [0.3, 0.4) is 0 Å². The second kappa shape index (κ2) is 3.33. The average Bonchev–Trinajstić information content (AvgIpc) is 1.95. The van der Waals surface area contributed by atoms with E-state index in [4.69, 9.17) is 10.8 Å². The molecule has 5 nitrogen and oxygen atoms in total. The van der Waals surface area contributed by atoms with Crippen molar-refractivity contribution in [2.45, 2.75) is 37.8 Å². The van der Waals surface area contributed by atoms with Gasteiger partial charge in [0, 0.05) is 0 Å². The normalized spacial score (nSPS) is 21.4. The predicted octanol–water partition coefficient (Wildman–Crippen LogP) is -1.11. The van der Waals surface area contributed by atoms with Gasteiger partial charge < -0.3 is 16.2 Å². The third-order valence-electron chi connectivity index (χ3n) is 2.42. The maximum Gasteiger partial charge on any atom is 0.249 e. The molecular weight excluding hydrogens is 172 g/mol. The molecule has 1 aliphatic rings. The predicted molar refractivity (Wildman–Crippen MR) is 45.6 cm³/mol. The van der Waals surface area contributed by atoms with E-state index in [1.165, 1.54) is 6.92 Å². The number of aliphatic hydroxyl groups excluding tert-OH is 1. The van der Waals surface area contributed by atoms with Gasteiger partial charge in [0.05, 0.1) is 0 Å². The Kier molecular flexibility index (Phi) is 2.56. The van der Waals surface area contributed by atoms with Crippen LogP contribution in [0.2, 0.25) is 0 Å². The minimum Gasteiger partial charge on any atom is -0.384 e. The number of nitrogens with one attached hydrogen (secondary N) is 1. The highest BCUT2D eigenvalue weighted by Gasteiger charge is 2.44. The summed E-state index contributed by atoms with van der Waals surface area (Å²) < 4.78 is 0. The Morgan fingerprint density at radius 1 is 1.54 bits per heavy atom. The average molecular weight is 186 g/mol. The van der Waals surface area contributed by atoms with Crippen LogP contribution in [0.1, 0.15) is 26.2 Å². The maximum atomic E-state index is 11.1. The largest absolute Gasteiger partial charge is 0.384 e. The molecule has 0 aromatic rings. The summed E-state index contributed by atoms with van der Waals surface area (Å²) in [7, 11) is 0. The van der Waals surface area contributed by atoms with Crippen LogP contribution < -0.4 is 11.1 Å². The zero-order valence-electron chi connectivity index (χ0n) is 7.54. The van der Waals surface area contributed by atoms with E-state index < -0.39 is 23.5 Å². The lowest BCUT2D eigenvalue weighted by molar-refractivity contribution is -0.138. The van der Waals surface area contributed by atoms with E-state index in [0.29, 0.717) is 12.8 Å². The summed E-state index contributed by atoms with van der Waals surface area (Å²) in [4.78, 5) is 22.1. The molecule has 0 saturated heterocycles. The van der Waals surface area contributed by atoms with Gasteiger partial charge in [-0.25, -0.2) is 0 Å². The molecule has 0 aromatic carbocycles. The fourth-order valence-electron chi connectivity index (χ4n) is 1.30. The first-order chi connectivity index (χ1) is 5.98. The molecule has 1 saturated carbocycles. The Hall–Kier alpha value is -1.10. The highest BCUT2D eigenvalue weighted by molar-refractivity contribution is 5.92. The van der Waals surface area contributed by atoms with E-state index in [1.54, 1.807) is 0 Å². The first-order valence-electron chi connectivity index (χ1n) is 4.28. The highest BCUT2D eigenvalue weighted by atomic mass is 16.3. The minimum atomic E-state index is -1.10. The summed E-state index contributed by atoms with van der Waals surface area (Å²) in [6, 6.07) is 0. The lowest BCUT2D eigenvalue weighted by Gasteiger charge is -2.39. The van der Waals surface area contributed by atoms with Crippen LogP contribution in [0.15, 0.2) is 0 Å². The number of carbonyl (C=O) groups excluding carboxylic acids is 2. The molecule has 0 spiro atoms. The van der Waals surface area contributed by atoms with Gasteiger partial charge in [-0.1, -0.05) is 0 Å². The molecule has 0 heterocycles. The maximum absolute atomic E-state index is 11.1. The summed E-state index contributed by atoms with van der Waals surface area (Å²) in [6.07, 6.45) is 0.918. The van der Waals surface area contributed by atoms with Crippen LogP contribution in [0.5, 0.6) is 0 Å². The second-order valence-corrected chi connectivity index (χ2v) is 3.47. The first-order valence-corrected chi connectivity index (χ1v) is 4.28. The number of hydrogen-bond donors (Lipinski definition) is 3. The van der Waals surface area contributed by atoms with E-state index in [-0.39, 0.29) is 0 Å². The number of aliphatic hydroxyl groups is 1. The van der Waals surface area contributed by atoms with Crippen molar-refractivity contribution in [1.29, 1.82) is 0 Å². The molecule has 13 heavy (non-hydrogen) atoms. The van der Waals surface area contributed by atoms with Gasteiger partial charge in [0.25, 0.3) is 0 Å². The molecule has 4 N–H and O–H groups in total. The van der Waals surface area contributed by atoms with Crippen molar-refractivity contribution in [2.24, 2.45) is 5.73 Å². The molecule has 1 fully saturated rings. The van der Waals surface area contributed by atoms with Crippen molar-refractivity contribution in [3.8, 4) is 0 Å². The van der Waals surface area contributed by atoms with Crippen molar-refractivity contribution in [2.75, 3.05) is 0 Å². The van der Waals surface area contributed by atoms with Crippen LogP contribution in [0.25, 0.3) is 0 Å². The van der Waals surface area contributed by atoms with E-state index in [1.807, 2.05) is 0 Å². The molecule has 0 aromatic heterocycles. The van der Waals surface area contributed by atoms with Crippen LogP contribution in [0.4, 0.5) is 0 Å². The van der Waals surface area contributed by atoms with Gasteiger partial charge in [-0.05, 0) is 26.2 Å². The lowest BCUT2D eigenvalue weighted by atomic mass is 9.76. The van der Waals surface area contributed by atoms with Crippen molar-refractivity contribution in [3.05, 3.63) is 0 Å². The molecular formula is C8H14N2O3. The van der Waals surface area contributed by atoms with Crippen molar-refractivity contribution in [1.82, 2.24) is 5.32 Å². The minimum absolute atomic E-state index is 0.521. The molecule has 5 heteroatoms. The molecule has 2 amide bonds. The molecule has 1 aliphatic carbocycles. The fraction of sp³-hybridized carbons (Fsp3) is 0.750. The molecule has 1 atom stereocenters. The summed E-state index contributed by atoms with van der Waals surface area (Å²) in [5, 5.41) is 11.4. The van der Waals surface area contributed by atoms with Gasteiger partial charge in [-0.2, -0.15) is 0 Å². The van der Waals surface area contributed by atoms with Gasteiger partial charge in [-0.15, -0.1) is 0 Å². The van der Waals surface area contributed by atoms with Gasteiger partial charge in [-0.3, -0.25) is 9.59 Å². The van der Waals surface area contributed by atoms with E-state index in [0.717, 1.165) is 6.42 Å². The fourth-order valence-corrected chi connectivity index (χ4v) is 1.30. The molecule has 1 rings (SSSR count). The van der Waals surface area contributed by atoms with E-state index in [9.17, 15) is 9.59 Å². The molecule has 0 aliphatic heterocycles. The Labute approximate surface area is 76.3 Å². The number of nitrogens with two attached hydrogens (primary N) is 1. The number of rotatable bonds is 3. The molecule has 0 unspecified atom stereocenters. The number of carbonyl (C=O) groups is 2. The number of amides is 2. The third kappa shape index (κ3) is 1.80. The number of hydrogen-bond acceptors (Lipinski definition) is 3. The van der Waals surface area contributed by atoms with E-state index >= 15 is 0 Å². The van der Waals surface area contributed by atoms with Crippen LogP contribution in [0, 0.1) is 0 Å². The topological polar surface area (TPSA) is 92.4 Å². The summed E-state index contributed by atoms with van der Waals surface area (Å²) in [5.74, 6) is -1.06. The van der Waals surface area contributed by atoms with Gasteiger partial charge in [0.2, 0.25) is 11.8 Å². The van der Waals surface area contributed by atoms with Gasteiger partial charge >= 0.3 is 0 Å². The van der Waals surface area contributed by atoms with E-state index in [2.05, 4.69) is 5.32 Å². The lowest BCUT2D eigenvalue weighted by Crippen LogP contribution is -2.63.